The first kappa shape index (κ1) is 19.8. The fraction of sp³-hybridized carbons (Fsp3) is 0.333. The third kappa shape index (κ3) is 3.40. The van der Waals surface area contributed by atoms with Crippen LogP contribution in [0.1, 0.15) is 48.3 Å². The summed E-state index contributed by atoms with van der Waals surface area (Å²) in [5.41, 5.74) is 1.48. The van der Waals surface area contributed by atoms with Crippen LogP contribution in [-0.4, -0.2) is 19.5 Å². The molecule has 29 heavy (non-hydrogen) atoms. The molecule has 6 nitrogen and oxygen atoms in total. The SMILES string of the molecule is Cc1sc2nc([C@H](C)Sc3nc4ccccc4c(=O)n3C(C)C)[nH]c(=O)c2c1C. The number of aromatic amines is 1. The van der Waals surface area contributed by atoms with Crippen molar-refractivity contribution in [3.05, 3.63) is 61.2 Å². The number of hydrogen-bond acceptors (Lipinski definition) is 6. The van der Waals surface area contributed by atoms with Crippen LogP contribution < -0.4 is 11.1 Å². The lowest BCUT2D eigenvalue weighted by molar-refractivity contribution is 0.518. The molecule has 0 aliphatic heterocycles. The molecule has 3 heterocycles. The van der Waals surface area contributed by atoms with E-state index in [4.69, 9.17) is 9.97 Å². The van der Waals surface area contributed by atoms with Crippen molar-refractivity contribution >= 4 is 44.2 Å². The summed E-state index contributed by atoms with van der Waals surface area (Å²) >= 11 is 2.96. The maximum atomic E-state index is 13.0. The lowest BCUT2D eigenvalue weighted by Gasteiger charge is -2.18. The predicted molar refractivity (Wildman–Crippen MR) is 120 cm³/mol. The van der Waals surface area contributed by atoms with Crippen molar-refractivity contribution in [3.8, 4) is 0 Å². The van der Waals surface area contributed by atoms with E-state index in [0.29, 0.717) is 27.3 Å². The molecule has 0 bridgehead atoms. The molecule has 1 N–H and O–H groups in total. The van der Waals surface area contributed by atoms with Gasteiger partial charge in [-0.15, -0.1) is 11.3 Å². The van der Waals surface area contributed by atoms with Gasteiger partial charge >= 0.3 is 0 Å². The van der Waals surface area contributed by atoms with Gasteiger partial charge in [-0.05, 0) is 52.3 Å². The average Bonchev–Trinajstić information content (AvgIpc) is 2.95. The zero-order valence-electron chi connectivity index (χ0n) is 16.9. The summed E-state index contributed by atoms with van der Waals surface area (Å²) in [6, 6.07) is 7.34. The number of aryl methyl sites for hydroxylation is 2. The van der Waals surface area contributed by atoms with Crippen LogP contribution in [0.3, 0.4) is 0 Å². The molecule has 0 unspecified atom stereocenters. The van der Waals surface area contributed by atoms with Gasteiger partial charge in [-0.1, -0.05) is 23.9 Å². The van der Waals surface area contributed by atoms with Crippen LogP contribution in [0.2, 0.25) is 0 Å². The number of nitrogens with one attached hydrogen (secondary N) is 1. The molecule has 0 saturated heterocycles. The van der Waals surface area contributed by atoms with Gasteiger partial charge in [0.25, 0.3) is 11.1 Å². The number of nitrogens with zero attached hydrogens (tertiary/aromatic N) is 3. The van der Waals surface area contributed by atoms with Crippen LogP contribution in [0, 0.1) is 13.8 Å². The summed E-state index contributed by atoms with van der Waals surface area (Å²) in [6.45, 7) is 9.85. The number of rotatable bonds is 4. The highest BCUT2D eigenvalue weighted by molar-refractivity contribution is 7.99. The molecule has 0 saturated carbocycles. The first-order valence-corrected chi connectivity index (χ1v) is 11.2. The lowest BCUT2D eigenvalue weighted by Crippen LogP contribution is -2.25. The molecular formula is C21H22N4O2S2. The van der Waals surface area contributed by atoms with Crippen LogP contribution in [0.25, 0.3) is 21.1 Å². The Kier molecular flexibility index (Phi) is 5.08. The standard InChI is InChI=1S/C21H22N4O2S2/c1-10(2)25-20(27)14-8-6-7-9-15(14)22-21(25)29-13(5)17-23-18(26)16-11(3)12(4)28-19(16)24-17/h6-10,13H,1-5H3,(H,23,24,26)/t13-/m0/s1. The molecule has 150 valence electrons. The van der Waals surface area contributed by atoms with Crippen molar-refractivity contribution in [1.82, 2.24) is 19.5 Å². The van der Waals surface area contributed by atoms with Gasteiger partial charge in [0.15, 0.2) is 5.16 Å². The maximum absolute atomic E-state index is 13.0. The van der Waals surface area contributed by atoms with Crippen LogP contribution in [0.5, 0.6) is 0 Å². The minimum absolute atomic E-state index is 0.0358. The molecular weight excluding hydrogens is 404 g/mol. The molecule has 0 aliphatic rings. The maximum Gasteiger partial charge on any atom is 0.262 e. The van der Waals surface area contributed by atoms with Gasteiger partial charge in [0.05, 0.1) is 21.5 Å². The van der Waals surface area contributed by atoms with Crippen molar-refractivity contribution in [2.24, 2.45) is 0 Å². The Bertz CT molecular complexity index is 1350. The number of aromatic nitrogens is 4. The minimum atomic E-state index is -0.173. The van der Waals surface area contributed by atoms with E-state index in [1.807, 2.05) is 52.8 Å². The van der Waals surface area contributed by atoms with Crippen molar-refractivity contribution in [2.45, 2.75) is 51.1 Å². The Morgan fingerprint density at radius 3 is 2.55 bits per heavy atom. The monoisotopic (exact) mass is 426 g/mol. The van der Waals surface area contributed by atoms with Gasteiger partial charge < -0.3 is 4.98 Å². The second-order valence-electron chi connectivity index (χ2n) is 7.36. The van der Waals surface area contributed by atoms with Gasteiger partial charge in [0, 0.05) is 10.9 Å². The van der Waals surface area contributed by atoms with E-state index in [1.54, 1.807) is 10.6 Å². The number of thioether (sulfide) groups is 1. The Morgan fingerprint density at radius 1 is 1.10 bits per heavy atom. The molecule has 0 fully saturated rings. The second kappa shape index (κ2) is 7.42. The van der Waals surface area contributed by atoms with Crippen molar-refractivity contribution in [3.63, 3.8) is 0 Å². The van der Waals surface area contributed by atoms with Gasteiger partial charge in [-0.2, -0.15) is 0 Å². The van der Waals surface area contributed by atoms with Crippen LogP contribution >= 0.6 is 23.1 Å². The molecule has 4 rings (SSSR count). The van der Waals surface area contributed by atoms with E-state index < -0.39 is 0 Å². The van der Waals surface area contributed by atoms with E-state index >= 15 is 0 Å². The molecule has 3 aromatic heterocycles. The number of benzene rings is 1. The Morgan fingerprint density at radius 2 is 1.83 bits per heavy atom. The number of para-hydroxylation sites is 1. The highest BCUT2D eigenvalue weighted by atomic mass is 32.2. The number of H-pyrrole nitrogens is 1. The van der Waals surface area contributed by atoms with E-state index in [2.05, 4.69) is 4.98 Å². The third-order valence-electron chi connectivity index (χ3n) is 5.02. The smallest absolute Gasteiger partial charge is 0.262 e. The van der Waals surface area contributed by atoms with Crippen LogP contribution in [-0.2, 0) is 0 Å². The third-order valence-corrected chi connectivity index (χ3v) is 7.19. The zero-order valence-corrected chi connectivity index (χ0v) is 18.6. The van der Waals surface area contributed by atoms with Crippen LogP contribution in [0.15, 0.2) is 39.0 Å². The Labute approximate surface area is 176 Å². The van der Waals surface area contributed by atoms with Crippen molar-refractivity contribution in [2.75, 3.05) is 0 Å². The van der Waals surface area contributed by atoms with Gasteiger partial charge in [0.1, 0.15) is 10.7 Å². The summed E-state index contributed by atoms with van der Waals surface area (Å²) in [5.74, 6) is 0.589. The highest BCUT2D eigenvalue weighted by Gasteiger charge is 2.20. The first-order chi connectivity index (χ1) is 13.8. The number of thiophene rings is 1. The summed E-state index contributed by atoms with van der Waals surface area (Å²) in [7, 11) is 0. The summed E-state index contributed by atoms with van der Waals surface area (Å²) in [6.07, 6.45) is 0. The predicted octanol–water partition coefficient (Wildman–Crippen LogP) is 4.75. The highest BCUT2D eigenvalue weighted by Crippen LogP contribution is 2.34. The quantitative estimate of drug-likeness (QED) is 0.376. The van der Waals surface area contributed by atoms with Crippen molar-refractivity contribution < 1.29 is 0 Å². The average molecular weight is 427 g/mol. The van der Waals surface area contributed by atoms with E-state index in [9.17, 15) is 9.59 Å². The summed E-state index contributed by atoms with van der Waals surface area (Å²) < 4.78 is 1.71. The molecule has 0 spiro atoms. The molecule has 0 aliphatic carbocycles. The van der Waals surface area contributed by atoms with Gasteiger partial charge in [-0.3, -0.25) is 14.2 Å². The lowest BCUT2D eigenvalue weighted by atomic mass is 10.2. The van der Waals surface area contributed by atoms with E-state index in [1.165, 1.54) is 23.1 Å². The molecule has 8 heteroatoms. The molecule has 0 amide bonds. The zero-order chi connectivity index (χ0) is 20.9. The van der Waals surface area contributed by atoms with Crippen molar-refractivity contribution in [1.29, 1.82) is 0 Å². The second-order valence-corrected chi connectivity index (χ2v) is 9.87. The molecule has 0 radical (unpaired) electrons. The molecule has 4 aromatic rings. The molecule has 1 aromatic carbocycles. The van der Waals surface area contributed by atoms with Gasteiger partial charge in [0.2, 0.25) is 0 Å². The fourth-order valence-corrected chi connectivity index (χ4v) is 5.48. The van der Waals surface area contributed by atoms with Gasteiger partial charge in [-0.25, -0.2) is 9.97 Å². The minimum Gasteiger partial charge on any atom is -0.309 e. The van der Waals surface area contributed by atoms with Crippen LogP contribution in [0.4, 0.5) is 0 Å². The topological polar surface area (TPSA) is 80.6 Å². The summed E-state index contributed by atoms with van der Waals surface area (Å²) in [4.78, 5) is 39.9. The largest absolute Gasteiger partial charge is 0.309 e. The first-order valence-electron chi connectivity index (χ1n) is 9.45. The normalized spacial score (nSPS) is 12.9. The molecule has 1 atom stereocenters. The Balaban J connectivity index is 1.81. The fourth-order valence-electron chi connectivity index (χ4n) is 3.34. The number of hydrogen-bond donors (Lipinski definition) is 1. The summed E-state index contributed by atoms with van der Waals surface area (Å²) in [5, 5.41) is 1.72. The number of fused-ring (bicyclic) bond motifs is 2. The van der Waals surface area contributed by atoms with E-state index in [0.717, 1.165) is 15.3 Å². The van der Waals surface area contributed by atoms with E-state index in [-0.39, 0.29) is 22.4 Å². The Hall–Kier alpha value is -2.45.